The number of nitrogens with zero attached hydrogens (tertiary/aromatic N) is 2. The fourth-order valence-electron chi connectivity index (χ4n) is 3.75. The Balaban J connectivity index is 1.35. The Labute approximate surface area is 165 Å². The molecule has 1 aliphatic heterocycles. The van der Waals surface area contributed by atoms with E-state index in [1.54, 1.807) is 6.33 Å². The van der Waals surface area contributed by atoms with E-state index in [-0.39, 0.29) is 11.9 Å². The van der Waals surface area contributed by atoms with Crippen LogP contribution in [0.2, 0.25) is 0 Å². The van der Waals surface area contributed by atoms with Gasteiger partial charge in [0.05, 0.1) is 30.7 Å². The Morgan fingerprint density at radius 1 is 1.21 bits per heavy atom. The van der Waals surface area contributed by atoms with Crippen LogP contribution in [0.15, 0.2) is 61.1 Å². The van der Waals surface area contributed by atoms with Crippen molar-refractivity contribution < 1.29 is 9.53 Å². The SMILES string of the molecule is Cc1ccccc1COc1ccc(CC(=O)N2CCCC2c2cnc[nH]2)cc1. The number of imidazole rings is 1. The molecule has 0 radical (unpaired) electrons. The van der Waals surface area contributed by atoms with Gasteiger partial charge < -0.3 is 14.6 Å². The zero-order valence-electron chi connectivity index (χ0n) is 16.1. The van der Waals surface area contributed by atoms with Crippen molar-refractivity contribution in [1.29, 1.82) is 0 Å². The number of ether oxygens (including phenoxy) is 1. The number of rotatable bonds is 6. The van der Waals surface area contributed by atoms with Crippen LogP contribution < -0.4 is 4.74 Å². The molecule has 5 heteroatoms. The lowest BCUT2D eigenvalue weighted by atomic mass is 10.1. The molecule has 0 spiro atoms. The first-order chi connectivity index (χ1) is 13.7. The molecule has 4 rings (SSSR count). The highest BCUT2D eigenvalue weighted by Crippen LogP contribution is 2.31. The number of hydrogen-bond acceptors (Lipinski definition) is 3. The number of carbonyl (C=O) groups excluding carboxylic acids is 1. The van der Waals surface area contributed by atoms with Gasteiger partial charge in [-0.25, -0.2) is 4.98 Å². The van der Waals surface area contributed by atoms with E-state index in [0.29, 0.717) is 13.0 Å². The Hall–Kier alpha value is -3.08. The first-order valence-electron chi connectivity index (χ1n) is 9.75. The molecule has 28 heavy (non-hydrogen) atoms. The summed E-state index contributed by atoms with van der Waals surface area (Å²) >= 11 is 0. The van der Waals surface area contributed by atoms with Crippen LogP contribution in [0, 0.1) is 6.92 Å². The number of hydrogen-bond donors (Lipinski definition) is 1. The van der Waals surface area contributed by atoms with Gasteiger partial charge in [-0.15, -0.1) is 0 Å². The van der Waals surface area contributed by atoms with Gasteiger partial charge in [0.1, 0.15) is 12.4 Å². The second kappa shape index (κ2) is 8.30. The molecule has 1 fully saturated rings. The van der Waals surface area contributed by atoms with Gasteiger partial charge in [-0.1, -0.05) is 36.4 Å². The van der Waals surface area contributed by atoms with Crippen molar-refractivity contribution in [2.45, 2.75) is 38.8 Å². The summed E-state index contributed by atoms with van der Waals surface area (Å²) in [6.45, 7) is 3.44. The maximum atomic E-state index is 12.8. The number of carbonyl (C=O) groups is 1. The van der Waals surface area contributed by atoms with Crippen LogP contribution in [-0.2, 0) is 17.8 Å². The van der Waals surface area contributed by atoms with E-state index in [0.717, 1.165) is 36.4 Å². The predicted molar refractivity (Wildman–Crippen MR) is 108 cm³/mol. The molecule has 5 nitrogen and oxygen atoms in total. The van der Waals surface area contributed by atoms with Gasteiger partial charge in [0.2, 0.25) is 5.91 Å². The lowest BCUT2D eigenvalue weighted by Crippen LogP contribution is -2.32. The van der Waals surface area contributed by atoms with Gasteiger partial charge in [0, 0.05) is 6.54 Å². The molecule has 0 aliphatic carbocycles. The molecule has 1 saturated heterocycles. The molecule has 1 unspecified atom stereocenters. The number of aromatic amines is 1. The summed E-state index contributed by atoms with van der Waals surface area (Å²) in [4.78, 5) is 22.0. The second-order valence-corrected chi connectivity index (χ2v) is 7.29. The van der Waals surface area contributed by atoms with Gasteiger partial charge in [-0.3, -0.25) is 4.79 Å². The standard InChI is InChI=1S/C23H25N3O2/c1-17-5-2-3-6-19(17)15-28-20-10-8-18(9-11-20)13-23(27)26-12-4-7-22(26)21-14-24-16-25-21/h2-3,5-6,8-11,14,16,22H,4,7,12-13,15H2,1H3,(H,24,25). The minimum Gasteiger partial charge on any atom is -0.489 e. The molecular weight excluding hydrogens is 350 g/mol. The van der Waals surface area contributed by atoms with Crippen molar-refractivity contribution in [3.05, 3.63) is 83.4 Å². The summed E-state index contributed by atoms with van der Waals surface area (Å²) in [5.74, 6) is 0.974. The zero-order valence-corrected chi connectivity index (χ0v) is 16.1. The van der Waals surface area contributed by atoms with E-state index in [4.69, 9.17) is 4.74 Å². The molecule has 2 heterocycles. The largest absolute Gasteiger partial charge is 0.489 e. The van der Waals surface area contributed by atoms with Crippen LogP contribution in [0.4, 0.5) is 0 Å². The normalized spacial score (nSPS) is 16.3. The molecular formula is C23H25N3O2. The third-order valence-electron chi connectivity index (χ3n) is 5.39. The molecule has 3 aromatic rings. The topological polar surface area (TPSA) is 58.2 Å². The van der Waals surface area contributed by atoms with Crippen molar-refractivity contribution in [3.63, 3.8) is 0 Å². The van der Waals surface area contributed by atoms with Crippen molar-refractivity contribution in [3.8, 4) is 5.75 Å². The molecule has 1 aliphatic rings. The Kier molecular flexibility index (Phi) is 5.42. The number of benzene rings is 2. The third-order valence-corrected chi connectivity index (χ3v) is 5.39. The van der Waals surface area contributed by atoms with E-state index in [9.17, 15) is 4.79 Å². The third kappa shape index (κ3) is 4.09. The average molecular weight is 375 g/mol. The molecule has 1 amide bonds. The van der Waals surface area contributed by atoms with Crippen molar-refractivity contribution in [1.82, 2.24) is 14.9 Å². The number of likely N-dealkylation sites (tertiary alicyclic amines) is 1. The summed E-state index contributed by atoms with van der Waals surface area (Å²) in [5.41, 5.74) is 4.43. The maximum Gasteiger partial charge on any atom is 0.227 e. The molecule has 144 valence electrons. The number of H-pyrrole nitrogens is 1. The van der Waals surface area contributed by atoms with Crippen LogP contribution >= 0.6 is 0 Å². The van der Waals surface area contributed by atoms with Crippen molar-refractivity contribution >= 4 is 5.91 Å². The summed E-state index contributed by atoms with van der Waals surface area (Å²) in [6.07, 6.45) is 5.91. The van der Waals surface area contributed by atoms with Crippen LogP contribution in [0.25, 0.3) is 0 Å². The molecule has 0 saturated carbocycles. The van der Waals surface area contributed by atoms with Crippen LogP contribution in [0.5, 0.6) is 5.75 Å². The van der Waals surface area contributed by atoms with E-state index in [1.807, 2.05) is 47.5 Å². The Morgan fingerprint density at radius 3 is 2.79 bits per heavy atom. The van der Waals surface area contributed by atoms with Crippen molar-refractivity contribution in [2.75, 3.05) is 6.54 Å². The molecule has 0 bridgehead atoms. The minimum atomic E-state index is 0.117. The van der Waals surface area contributed by atoms with E-state index < -0.39 is 0 Å². The van der Waals surface area contributed by atoms with E-state index in [2.05, 4.69) is 29.0 Å². The van der Waals surface area contributed by atoms with E-state index in [1.165, 1.54) is 11.1 Å². The highest BCUT2D eigenvalue weighted by molar-refractivity contribution is 5.79. The summed E-state index contributed by atoms with van der Waals surface area (Å²) in [7, 11) is 0. The lowest BCUT2D eigenvalue weighted by Gasteiger charge is -2.24. The van der Waals surface area contributed by atoms with Crippen LogP contribution in [-0.4, -0.2) is 27.3 Å². The monoisotopic (exact) mass is 375 g/mol. The Morgan fingerprint density at radius 2 is 2.04 bits per heavy atom. The lowest BCUT2D eigenvalue weighted by molar-refractivity contribution is -0.131. The van der Waals surface area contributed by atoms with Gasteiger partial charge >= 0.3 is 0 Å². The van der Waals surface area contributed by atoms with Gasteiger partial charge in [0.15, 0.2) is 0 Å². The van der Waals surface area contributed by atoms with Crippen molar-refractivity contribution in [2.24, 2.45) is 0 Å². The summed E-state index contributed by atoms with van der Waals surface area (Å²) in [5, 5.41) is 0. The molecule has 2 aromatic carbocycles. The average Bonchev–Trinajstić information content (AvgIpc) is 3.40. The smallest absolute Gasteiger partial charge is 0.227 e. The summed E-state index contributed by atoms with van der Waals surface area (Å²) in [6, 6.07) is 16.2. The predicted octanol–water partition coefficient (Wildman–Crippen LogP) is 4.20. The van der Waals surface area contributed by atoms with Crippen LogP contribution in [0.3, 0.4) is 0 Å². The first-order valence-corrected chi connectivity index (χ1v) is 9.75. The van der Waals surface area contributed by atoms with Gasteiger partial charge in [0.25, 0.3) is 0 Å². The fourth-order valence-corrected chi connectivity index (χ4v) is 3.75. The first kappa shape index (κ1) is 18.3. The van der Waals surface area contributed by atoms with E-state index >= 15 is 0 Å². The molecule has 1 N–H and O–H groups in total. The molecule has 1 atom stereocenters. The maximum absolute atomic E-state index is 12.8. The zero-order chi connectivity index (χ0) is 19.3. The Bertz CT molecular complexity index is 919. The number of aryl methyl sites for hydroxylation is 1. The van der Waals surface area contributed by atoms with Gasteiger partial charge in [-0.05, 0) is 48.6 Å². The number of amides is 1. The second-order valence-electron chi connectivity index (χ2n) is 7.29. The number of nitrogens with one attached hydrogen (secondary N) is 1. The fraction of sp³-hybridized carbons (Fsp3) is 0.304. The minimum absolute atomic E-state index is 0.117. The van der Waals surface area contributed by atoms with Crippen LogP contribution in [0.1, 0.15) is 41.3 Å². The highest BCUT2D eigenvalue weighted by atomic mass is 16.5. The number of aromatic nitrogens is 2. The highest BCUT2D eigenvalue weighted by Gasteiger charge is 2.30. The quantitative estimate of drug-likeness (QED) is 0.702. The summed E-state index contributed by atoms with van der Waals surface area (Å²) < 4.78 is 5.89. The molecule has 1 aromatic heterocycles. The van der Waals surface area contributed by atoms with Gasteiger partial charge in [-0.2, -0.15) is 0 Å².